The van der Waals surface area contributed by atoms with Crippen LogP contribution in [0.5, 0.6) is 0 Å². The molecule has 6 heteroatoms. The fraction of sp³-hybridized carbons (Fsp3) is 1.00. The summed E-state index contributed by atoms with van der Waals surface area (Å²) in [5, 5.41) is -1.89. The first-order chi connectivity index (χ1) is 3.13. The molecule has 0 aromatic carbocycles. The highest BCUT2D eigenvalue weighted by atomic mass is 35.5. The molecule has 0 heterocycles. The number of rotatable bonds is 2. The Kier molecular flexibility index (Phi) is 9.73. The molecule has 8 heavy (non-hydrogen) atoms. The van der Waals surface area contributed by atoms with Gasteiger partial charge in [0.25, 0.3) is 0 Å². The first kappa shape index (κ1) is 12.1. The molecular weight excluding hydrogens is 210 g/mol. The summed E-state index contributed by atoms with van der Waals surface area (Å²) in [5.74, 6) is 0. The summed E-state index contributed by atoms with van der Waals surface area (Å²) in [6, 6.07) is 0. The molecule has 0 saturated heterocycles. The molecule has 0 aliphatic rings. The van der Waals surface area contributed by atoms with Gasteiger partial charge < -0.3 is 4.74 Å². The zero-order valence-electron chi connectivity index (χ0n) is 3.07. The molecule has 0 aromatic heterocycles. The quantitative estimate of drug-likeness (QED) is 0.495. The van der Waals surface area contributed by atoms with Crippen molar-refractivity contribution in [1.29, 1.82) is 0 Å². The highest BCUT2D eigenvalue weighted by molar-refractivity contribution is 6.45. The third-order valence-corrected chi connectivity index (χ3v) is 0.617. The highest BCUT2D eigenvalue weighted by Gasteiger charge is 2.02. The Hall–Kier alpha value is 1.34. The van der Waals surface area contributed by atoms with Gasteiger partial charge in [0.2, 0.25) is 10.0 Å². The number of halogens is 4. The van der Waals surface area contributed by atoms with Crippen LogP contribution in [0.1, 0.15) is 0 Å². The zero-order valence-corrected chi connectivity index (χ0v) is 6.10. The van der Waals surface area contributed by atoms with Crippen LogP contribution in [0.2, 0.25) is 0 Å². The van der Waals surface area contributed by atoms with Crippen molar-refractivity contribution in [2.75, 3.05) is 0 Å². The highest BCUT2D eigenvalue weighted by Crippen LogP contribution is 2.12. The van der Waals surface area contributed by atoms with Gasteiger partial charge in [0.15, 0.2) is 0 Å². The van der Waals surface area contributed by atoms with Crippen molar-refractivity contribution in [3.05, 3.63) is 0 Å². The molecule has 0 aromatic rings. The van der Waals surface area contributed by atoms with Crippen LogP contribution in [0.15, 0.2) is 0 Å². The molecule has 0 rings (SSSR count). The first-order valence-electron chi connectivity index (χ1n) is 1.34. The first-order valence-corrected chi connectivity index (χ1v) is 3.09. The Morgan fingerprint density at radius 2 is 1.12 bits per heavy atom. The summed E-state index contributed by atoms with van der Waals surface area (Å²) in [6.45, 7) is 0. The fourth-order valence-corrected chi connectivity index (χ4v) is 0.700. The summed E-state index contributed by atoms with van der Waals surface area (Å²) in [5.41, 5.74) is 0. The van der Waals surface area contributed by atoms with Crippen molar-refractivity contribution in [1.82, 2.24) is 0 Å². The molecule has 0 spiro atoms. The van der Waals surface area contributed by atoms with Gasteiger partial charge in [-0.25, -0.2) is 0 Å². The molecule has 0 fully saturated rings. The Morgan fingerprint density at radius 1 is 0.875 bits per heavy atom. The summed E-state index contributed by atoms with van der Waals surface area (Å²) in [4.78, 5) is 0. The second-order valence-electron chi connectivity index (χ2n) is 0.657. The monoisotopic (exact) mass is 214 g/mol. The fourth-order valence-electron chi connectivity index (χ4n) is 0.0778. The molecule has 0 amide bonds. The van der Waals surface area contributed by atoms with Crippen molar-refractivity contribution in [2.24, 2.45) is 0 Å². The van der Waals surface area contributed by atoms with Crippen LogP contribution >= 0.6 is 46.4 Å². The average molecular weight is 216 g/mol. The van der Waals surface area contributed by atoms with E-state index in [-0.39, 0.29) is 11.0 Å². The van der Waals surface area contributed by atoms with Gasteiger partial charge in [-0.15, -0.1) is 0 Å². The van der Waals surface area contributed by atoms with Gasteiger partial charge in [-0.3, -0.25) is 0 Å². The molecule has 0 bridgehead atoms. The van der Waals surface area contributed by atoms with Crippen LogP contribution in [-0.4, -0.2) is 21.0 Å². The topological polar surface area (TPSA) is 9.23 Å². The van der Waals surface area contributed by atoms with E-state index < -0.39 is 10.0 Å². The van der Waals surface area contributed by atoms with Gasteiger partial charge in [0, 0.05) is 0 Å². The molecule has 1 nitrogen and oxygen atoms in total. The lowest BCUT2D eigenvalue weighted by molar-refractivity contribution is 0.177. The second-order valence-corrected chi connectivity index (χ2v) is 2.69. The second kappa shape index (κ2) is 6.46. The van der Waals surface area contributed by atoms with Crippen molar-refractivity contribution < 1.29 is 4.74 Å². The van der Waals surface area contributed by atoms with E-state index in [1.54, 1.807) is 0 Å². The maximum Gasteiger partial charge on any atom is 0.209 e. The third kappa shape index (κ3) is 10.3. The van der Waals surface area contributed by atoms with Crippen LogP contribution in [0.4, 0.5) is 0 Å². The summed E-state index contributed by atoms with van der Waals surface area (Å²) < 4.78 is 4.31. The van der Waals surface area contributed by atoms with Crippen LogP contribution in [-0.2, 0) is 4.74 Å². The van der Waals surface area contributed by atoms with Gasteiger partial charge in [-0.2, -0.15) is 0 Å². The number of ether oxygens (including phenoxy) is 1. The number of hydrogen-bond acceptors (Lipinski definition) is 1. The van der Waals surface area contributed by atoms with E-state index in [4.69, 9.17) is 46.4 Å². The molecule has 0 saturated carbocycles. The van der Waals surface area contributed by atoms with E-state index >= 15 is 0 Å². The lowest BCUT2D eigenvalue weighted by Gasteiger charge is -2.01. The smallest absolute Gasteiger partial charge is 0.209 e. The predicted octanol–water partition coefficient (Wildman–Crippen LogP) is 1.07. The predicted molar refractivity (Wildman–Crippen MR) is 43.4 cm³/mol. The van der Waals surface area contributed by atoms with Crippen LogP contribution in [0.25, 0.3) is 0 Å². The Labute approximate surface area is 72.2 Å². The van der Waals surface area contributed by atoms with Crippen molar-refractivity contribution in [3.63, 3.8) is 0 Å². The largest absolute Gasteiger partial charge is 0.315 e. The third-order valence-electron chi connectivity index (χ3n) is 0.206. The molecular formula is C2H6Cl4OSi. The Morgan fingerprint density at radius 3 is 1.12 bits per heavy atom. The molecule has 0 N–H and O–H groups in total. The van der Waals surface area contributed by atoms with E-state index in [2.05, 4.69) is 4.74 Å². The maximum absolute atomic E-state index is 5.05. The Balaban J connectivity index is 0. The average Bonchev–Trinajstić information content (AvgIpc) is 1.27. The molecule has 0 radical (unpaired) electrons. The van der Waals surface area contributed by atoms with Crippen LogP contribution in [0, 0.1) is 0 Å². The number of alkyl halides is 4. The lowest BCUT2D eigenvalue weighted by Crippen LogP contribution is -1.99. The Bertz CT molecular complexity index is 43.3. The van der Waals surface area contributed by atoms with Crippen molar-refractivity contribution >= 4 is 57.4 Å². The molecule has 0 atom stereocenters. The van der Waals surface area contributed by atoms with Gasteiger partial charge in [0.1, 0.15) is 0 Å². The standard InChI is InChI=1S/C2H2Cl4O.H4Si/c3-1(4)7-2(5)6;/h1-2H;1H4. The van der Waals surface area contributed by atoms with Crippen molar-refractivity contribution in [3.8, 4) is 0 Å². The van der Waals surface area contributed by atoms with Gasteiger partial charge in [0.05, 0.1) is 0 Å². The van der Waals surface area contributed by atoms with E-state index in [0.29, 0.717) is 0 Å². The van der Waals surface area contributed by atoms with Gasteiger partial charge >= 0.3 is 0 Å². The minimum Gasteiger partial charge on any atom is -0.315 e. The summed E-state index contributed by atoms with van der Waals surface area (Å²) in [6.07, 6.45) is 0. The maximum atomic E-state index is 5.05. The van der Waals surface area contributed by atoms with E-state index in [1.165, 1.54) is 0 Å². The zero-order chi connectivity index (χ0) is 5.86. The van der Waals surface area contributed by atoms with Crippen LogP contribution < -0.4 is 0 Å². The van der Waals surface area contributed by atoms with E-state index in [1.807, 2.05) is 0 Å². The summed E-state index contributed by atoms with van der Waals surface area (Å²) >= 11 is 20.2. The van der Waals surface area contributed by atoms with E-state index in [0.717, 1.165) is 0 Å². The molecule has 0 aliphatic carbocycles. The SMILES string of the molecule is ClC(Cl)OC(Cl)Cl.[SiH4]. The van der Waals surface area contributed by atoms with Crippen molar-refractivity contribution in [2.45, 2.75) is 10.0 Å². The normalized spacial score (nSPS) is 9.75. The van der Waals surface area contributed by atoms with Crippen LogP contribution in [0.3, 0.4) is 0 Å². The number of hydrogen-bond donors (Lipinski definition) is 0. The minimum absolute atomic E-state index is 0. The molecule has 0 aliphatic heterocycles. The van der Waals surface area contributed by atoms with E-state index in [9.17, 15) is 0 Å². The summed E-state index contributed by atoms with van der Waals surface area (Å²) in [7, 11) is 0. The molecule has 0 unspecified atom stereocenters. The van der Waals surface area contributed by atoms with Gasteiger partial charge in [-0.1, -0.05) is 46.4 Å². The van der Waals surface area contributed by atoms with Gasteiger partial charge in [-0.05, 0) is 11.0 Å². The molecule has 52 valence electrons. The minimum atomic E-state index is -0.944. The lowest BCUT2D eigenvalue weighted by atomic mass is 11.5.